The number of halogens is 3. The van der Waals surface area contributed by atoms with Crippen LogP contribution in [0.25, 0.3) is 0 Å². The van der Waals surface area contributed by atoms with Gasteiger partial charge in [0.15, 0.2) is 0 Å². The van der Waals surface area contributed by atoms with Crippen molar-refractivity contribution in [3.8, 4) is 5.75 Å². The largest absolute Gasteiger partial charge is 0.497 e. The van der Waals surface area contributed by atoms with E-state index in [1.54, 1.807) is 30.8 Å². The average Bonchev–Trinajstić information content (AvgIpc) is 3.12. The first-order valence-corrected chi connectivity index (χ1v) is 10.1. The predicted molar refractivity (Wildman–Crippen MR) is 110 cm³/mol. The monoisotopic (exact) mass is 449 g/mol. The molecule has 11 heteroatoms. The van der Waals surface area contributed by atoms with Crippen LogP contribution < -0.4 is 15.5 Å². The summed E-state index contributed by atoms with van der Waals surface area (Å²) >= 11 is 1.19. The third-order valence-electron chi connectivity index (χ3n) is 4.79. The highest BCUT2D eigenvalue weighted by Gasteiger charge is 2.38. The Bertz CT molecular complexity index is 1100. The number of aryl methyl sites for hydroxylation is 1. The zero-order valence-electron chi connectivity index (χ0n) is 16.5. The summed E-state index contributed by atoms with van der Waals surface area (Å²) in [6.07, 6.45) is -4.50. The van der Waals surface area contributed by atoms with E-state index in [9.17, 15) is 18.0 Å². The summed E-state index contributed by atoms with van der Waals surface area (Å²) in [6.45, 7) is 1.78. The van der Waals surface area contributed by atoms with Gasteiger partial charge in [-0.25, -0.2) is 4.68 Å². The van der Waals surface area contributed by atoms with Crippen molar-refractivity contribution in [2.24, 2.45) is 0 Å². The van der Waals surface area contributed by atoms with Crippen LogP contribution in [0.2, 0.25) is 0 Å². The highest BCUT2D eigenvalue weighted by atomic mass is 32.2. The van der Waals surface area contributed by atoms with Crippen LogP contribution in [0, 0.1) is 6.92 Å². The summed E-state index contributed by atoms with van der Waals surface area (Å²) in [4.78, 5) is 13.1. The maximum atomic E-state index is 13.1. The number of carbonyl (C=O) groups excluding carboxylic acids is 1. The SMILES string of the molecule is COc1ccc(C2Nn3c(C)nnc3SC2C(=O)Nc2cccc(C(F)(F)F)c2)cc1. The molecule has 2 N–H and O–H groups in total. The van der Waals surface area contributed by atoms with E-state index in [0.29, 0.717) is 16.7 Å². The predicted octanol–water partition coefficient (Wildman–Crippen LogP) is 4.01. The highest BCUT2D eigenvalue weighted by molar-refractivity contribution is 8.00. The van der Waals surface area contributed by atoms with Crippen molar-refractivity contribution in [2.75, 3.05) is 17.9 Å². The molecule has 0 aliphatic carbocycles. The lowest BCUT2D eigenvalue weighted by atomic mass is 10.0. The van der Waals surface area contributed by atoms with Gasteiger partial charge in [-0.1, -0.05) is 30.0 Å². The number of hydrogen-bond donors (Lipinski definition) is 2. The van der Waals surface area contributed by atoms with Crippen LogP contribution in [0.1, 0.15) is 23.0 Å². The second-order valence-electron chi connectivity index (χ2n) is 6.85. The Kier molecular flexibility index (Phi) is 5.52. The number of alkyl halides is 3. The third-order valence-corrected chi connectivity index (χ3v) is 6.00. The lowest BCUT2D eigenvalue weighted by Gasteiger charge is -2.32. The summed E-state index contributed by atoms with van der Waals surface area (Å²) in [5.74, 6) is 0.834. The molecule has 2 atom stereocenters. The van der Waals surface area contributed by atoms with Crippen molar-refractivity contribution in [1.82, 2.24) is 14.9 Å². The van der Waals surface area contributed by atoms with E-state index < -0.39 is 28.9 Å². The van der Waals surface area contributed by atoms with Crippen molar-refractivity contribution in [3.05, 3.63) is 65.5 Å². The summed E-state index contributed by atoms with van der Waals surface area (Å²) in [5.41, 5.74) is 3.28. The molecule has 0 radical (unpaired) electrons. The Morgan fingerprint density at radius 3 is 2.61 bits per heavy atom. The van der Waals surface area contributed by atoms with Crippen LogP contribution in [0.5, 0.6) is 5.75 Å². The number of anilines is 1. The highest BCUT2D eigenvalue weighted by Crippen LogP contribution is 2.38. The molecule has 1 aliphatic heterocycles. The van der Waals surface area contributed by atoms with Gasteiger partial charge in [-0.05, 0) is 42.8 Å². The normalized spacial score (nSPS) is 18.1. The quantitative estimate of drug-likeness (QED) is 0.627. The van der Waals surface area contributed by atoms with Gasteiger partial charge in [0.2, 0.25) is 11.1 Å². The van der Waals surface area contributed by atoms with Gasteiger partial charge in [0.1, 0.15) is 16.8 Å². The Morgan fingerprint density at radius 1 is 1.19 bits per heavy atom. The number of aromatic nitrogens is 3. The van der Waals surface area contributed by atoms with Gasteiger partial charge >= 0.3 is 6.18 Å². The van der Waals surface area contributed by atoms with E-state index in [-0.39, 0.29) is 5.69 Å². The second-order valence-corrected chi connectivity index (χ2v) is 7.96. The van der Waals surface area contributed by atoms with Crippen LogP contribution in [-0.2, 0) is 11.0 Å². The molecule has 1 aromatic heterocycles. The number of fused-ring (bicyclic) bond motifs is 1. The maximum Gasteiger partial charge on any atom is 0.416 e. The van der Waals surface area contributed by atoms with Crippen molar-refractivity contribution in [1.29, 1.82) is 0 Å². The van der Waals surface area contributed by atoms with Crippen LogP contribution in [0.4, 0.5) is 18.9 Å². The minimum absolute atomic E-state index is 0.0668. The molecule has 0 saturated carbocycles. The lowest BCUT2D eigenvalue weighted by molar-refractivity contribution is -0.137. The van der Waals surface area contributed by atoms with E-state index >= 15 is 0 Å². The molecular formula is C20H18F3N5O2S. The van der Waals surface area contributed by atoms with Crippen molar-refractivity contribution >= 4 is 23.4 Å². The molecule has 0 saturated heterocycles. The van der Waals surface area contributed by atoms with E-state index in [0.717, 1.165) is 17.7 Å². The fourth-order valence-corrected chi connectivity index (χ4v) is 4.33. The number of methoxy groups -OCH3 is 1. The summed E-state index contributed by atoms with van der Waals surface area (Å²) in [5, 5.41) is 10.5. The number of nitrogens with zero attached hydrogens (tertiary/aromatic N) is 3. The van der Waals surface area contributed by atoms with Crippen LogP contribution in [-0.4, -0.2) is 33.1 Å². The first-order valence-electron chi connectivity index (χ1n) is 9.23. The fraction of sp³-hybridized carbons (Fsp3) is 0.250. The molecule has 2 unspecified atom stereocenters. The summed E-state index contributed by atoms with van der Waals surface area (Å²) in [7, 11) is 1.56. The maximum absolute atomic E-state index is 13.1. The Balaban J connectivity index is 1.64. The first kappa shape index (κ1) is 21.0. The van der Waals surface area contributed by atoms with Crippen molar-refractivity contribution in [3.63, 3.8) is 0 Å². The Labute approximate surface area is 180 Å². The molecule has 31 heavy (non-hydrogen) atoms. The minimum atomic E-state index is -4.50. The number of hydrogen-bond acceptors (Lipinski definition) is 6. The molecule has 1 aliphatic rings. The number of amides is 1. The number of nitrogens with one attached hydrogen (secondary N) is 2. The molecule has 0 bridgehead atoms. The smallest absolute Gasteiger partial charge is 0.416 e. The van der Waals surface area contributed by atoms with Gasteiger partial charge in [0, 0.05) is 5.69 Å². The van der Waals surface area contributed by atoms with E-state index in [1.165, 1.54) is 23.9 Å². The van der Waals surface area contributed by atoms with Gasteiger partial charge < -0.3 is 15.5 Å². The number of carbonyl (C=O) groups is 1. The standard InChI is InChI=1S/C20H18F3N5O2S/c1-11-25-26-19-28(11)27-16(12-6-8-15(30-2)9-7-12)17(31-19)18(29)24-14-5-3-4-13(10-14)20(21,22)23/h3-10,16-17,27H,1-2H3,(H,24,29). The van der Waals surface area contributed by atoms with Crippen LogP contribution in [0.15, 0.2) is 53.7 Å². The summed E-state index contributed by atoms with van der Waals surface area (Å²) in [6, 6.07) is 11.3. The topological polar surface area (TPSA) is 81.1 Å². The van der Waals surface area contributed by atoms with Crippen LogP contribution in [0.3, 0.4) is 0 Å². The molecule has 2 aromatic carbocycles. The third kappa shape index (κ3) is 4.31. The van der Waals surface area contributed by atoms with Gasteiger partial charge in [-0.3, -0.25) is 4.79 Å². The van der Waals surface area contributed by atoms with Crippen LogP contribution >= 0.6 is 11.8 Å². The average molecular weight is 449 g/mol. The molecule has 1 amide bonds. The molecule has 0 spiro atoms. The van der Waals surface area contributed by atoms with E-state index in [4.69, 9.17) is 4.74 Å². The zero-order valence-corrected chi connectivity index (χ0v) is 17.3. The number of ether oxygens (including phenoxy) is 1. The molecule has 7 nitrogen and oxygen atoms in total. The van der Waals surface area contributed by atoms with E-state index in [2.05, 4.69) is 20.9 Å². The van der Waals surface area contributed by atoms with Gasteiger partial charge in [0.05, 0.1) is 18.7 Å². The Morgan fingerprint density at radius 2 is 1.94 bits per heavy atom. The number of thioether (sulfide) groups is 1. The molecule has 4 rings (SSSR count). The molecular weight excluding hydrogens is 431 g/mol. The van der Waals surface area contributed by atoms with Crippen molar-refractivity contribution in [2.45, 2.75) is 29.5 Å². The second kappa shape index (κ2) is 8.14. The van der Waals surface area contributed by atoms with Crippen molar-refractivity contribution < 1.29 is 22.7 Å². The molecule has 2 heterocycles. The minimum Gasteiger partial charge on any atom is -0.497 e. The first-order chi connectivity index (χ1) is 14.8. The van der Waals surface area contributed by atoms with Gasteiger partial charge in [0.25, 0.3) is 0 Å². The lowest BCUT2D eigenvalue weighted by Crippen LogP contribution is -2.41. The van der Waals surface area contributed by atoms with Gasteiger partial charge in [-0.2, -0.15) is 13.2 Å². The zero-order chi connectivity index (χ0) is 22.2. The fourth-order valence-electron chi connectivity index (χ4n) is 3.21. The molecule has 3 aromatic rings. The number of rotatable bonds is 4. The van der Waals surface area contributed by atoms with E-state index in [1.807, 2.05) is 12.1 Å². The Hall–Kier alpha value is -3.21. The number of benzene rings is 2. The molecule has 162 valence electrons. The van der Waals surface area contributed by atoms with Gasteiger partial charge in [-0.15, -0.1) is 10.2 Å². The molecule has 0 fully saturated rings. The summed E-state index contributed by atoms with van der Waals surface area (Å²) < 4.78 is 45.9.